The molecule has 0 aliphatic carbocycles. The van der Waals surface area contributed by atoms with Gasteiger partial charge in [0, 0.05) is 33.7 Å². The van der Waals surface area contributed by atoms with Crippen LogP contribution in [0.2, 0.25) is 5.02 Å². The van der Waals surface area contributed by atoms with Gasteiger partial charge in [-0.05, 0) is 30.3 Å². The maximum absolute atomic E-state index is 13.5. The lowest BCUT2D eigenvalue weighted by atomic mass is 10.2. The number of halogens is 3. The van der Waals surface area contributed by atoms with E-state index in [0.29, 0.717) is 29.2 Å². The molecule has 2 aromatic carbocycles. The number of aromatic hydroxyl groups is 1. The summed E-state index contributed by atoms with van der Waals surface area (Å²) in [4.78, 5) is 0. The summed E-state index contributed by atoms with van der Waals surface area (Å²) in [7, 11) is 0. The van der Waals surface area contributed by atoms with Gasteiger partial charge in [0.25, 0.3) is 0 Å². The summed E-state index contributed by atoms with van der Waals surface area (Å²) in [5, 5.41) is 13.2. The first-order valence-corrected chi connectivity index (χ1v) is 6.86. The quantitative estimate of drug-likeness (QED) is 0.869. The van der Waals surface area contributed by atoms with Gasteiger partial charge >= 0.3 is 0 Å². The summed E-state index contributed by atoms with van der Waals surface area (Å²) in [5.41, 5.74) is 1.17. The van der Waals surface area contributed by atoms with Gasteiger partial charge in [-0.3, -0.25) is 0 Å². The highest BCUT2D eigenvalue weighted by molar-refractivity contribution is 9.10. The summed E-state index contributed by atoms with van der Waals surface area (Å²) in [5.74, 6) is -0.131. The van der Waals surface area contributed by atoms with Crippen LogP contribution in [0.5, 0.6) is 5.75 Å². The molecule has 0 fully saturated rings. The zero-order chi connectivity index (χ0) is 13.8. The third kappa shape index (κ3) is 3.69. The molecular weight excluding hydrogens is 333 g/mol. The number of benzene rings is 2. The molecule has 0 saturated heterocycles. The van der Waals surface area contributed by atoms with Crippen LogP contribution in [0.25, 0.3) is 0 Å². The molecule has 0 saturated carbocycles. The Bertz CT molecular complexity index is 571. The highest BCUT2D eigenvalue weighted by Gasteiger charge is 2.07. The van der Waals surface area contributed by atoms with E-state index in [0.717, 1.165) is 4.47 Å². The van der Waals surface area contributed by atoms with Gasteiger partial charge in [0.2, 0.25) is 0 Å². The number of phenolic OH excluding ortho intramolecular Hbond substituents is 1. The summed E-state index contributed by atoms with van der Waals surface area (Å²) in [6.07, 6.45) is 0. The highest BCUT2D eigenvalue weighted by atomic mass is 79.9. The van der Waals surface area contributed by atoms with Crippen molar-refractivity contribution in [2.75, 3.05) is 0 Å². The first-order valence-electron chi connectivity index (χ1n) is 5.69. The van der Waals surface area contributed by atoms with Crippen LogP contribution < -0.4 is 5.32 Å². The number of nitrogens with one attached hydrogen (secondary N) is 1. The van der Waals surface area contributed by atoms with E-state index in [2.05, 4.69) is 21.2 Å². The maximum Gasteiger partial charge on any atom is 0.127 e. The number of phenols is 1. The Morgan fingerprint density at radius 1 is 1.21 bits per heavy atom. The first-order chi connectivity index (χ1) is 9.08. The van der Waals surface area contributed by atoms with Gasteiger partial charge in [-0.1, -0.05) is 33.6 Å². The molecule has 100 valence electrons. The molecule has 0 amide bonds. The van der Waals surface area contributed by atoms with Gasteiger partial charge in [0.1, 0.15) is 11.6 Å². The lowest BCUT2D eigenvalue weighted by Crippen LogP contribution is -2.14. The van der Waals surface area contributed by atoms with Crippen molar-refractivity contribution in [3.05, 3.63) is 62.8 Å². The lowest BCUT2D eigenvalue weighted by Gasteiger charge is -2.09. The number of hydrogen-bond donors (Lipinski definition) is 2. The van der Waals surface area contributed by atoms with Gasteiger partial charge in [-0.2, -0.15) is 0 Å². The molecule has 0 aromatic heterocycles. The monoisotopic (exact) mass is 343 g/mol. The minimum Gasteiger partial charge on any atom is -0.508 e. The maximum atomic E-state index is 13.5. The molecule has 2 aromatic rings. The van der Waals surface area contributed by atoms with E-state index in [-0.39, 0.29) is 11.6 Å². The Morgan fingerprint density at radius 2 is 2.00 bits per heavy atom. The van der Waals surface area contributed by atoms with Crippen molar-refractivity contribution in [1.29, 1.82) is 0 Å². The van der Waals surface area contributed by atoms with Gasteiger partial charge in [-0.25, -0.2) is 4.39 Å². The molecule has 0 aliphatic rings. The Kier molecular flexibility index (Phi) is 4.80. The van der Waals surface area contributed by atoms with E-state index in [1.165, 1.54) is 6.07 Å². The second kappa shape index (κ2) is 6.37. The molecule has 0 unspecified atom stereocenters. The Hall–Kier alpha value is -1.10. The molecular formula is C14H12BrClFNO. The van der Waals surface area contributed by atoms with Crippen molar-refractivity contribution in [3.8, 4) is 5.75 Å². The van der Waals surface area contributed by atoms with Crippen molar-refractivity contribution in [1.82, 2.24) is 5.32 Å². The third-order valence-electron chi connectivity index (χ3n) is 2.72. The number of hydrogen-bond acceptors (Lipinski definition) is 2. The highest BCUT2D eigenvalue weighted by Crippen LogP contribution is 2.25. The van der Waals surface area contributed by atoms with Gasteiger partial charge in [0.05, 0.1) is 0 Å². The smallest absolute Gasteiger partial charge is 0.127 e. The first kappa shape index (κ1) is 14.3. The van der Waals surface area contributed by atoms with Gasteiger partial charge in [0.15, 0.2) is 0 Å². The minimum absolute atomic E-state index is 0.134. The largest absolute Gasteiger partial charge is 0.508 e. The second-order valence-corrected chi connectivity index (χ2v) is 5.40. The molecule has 5 heteroatoms. The fourth-order valence-electron chi connectivity index (χ4n) is 1.72. The van der Waals surface area contributed by atoms with Crippen LogP contribution in [-0.2, 0) is 13.1 Å². The van der Waals surface area contributed by atoms with Gasteiger partial charge < -0.3 is 10.4 Å². The summed E-state index contributed by atoms with van der Waals surface area (Å²) in [6.45, 7) is 0.730. The molecule has 0 bridgehead atoms. The van der Waals surface area contributed by atoms with Crippen molar-refractivity contribution in [2.45, 2.75) is 13.1 Å². The zero-order valence-electron chi connectivity index (χ0n) is 9.96. The van der Waals surface area contributed by atoms with E-state index in [1.54, 1.807) is 30.3 Å². The molecule has 2 nitrogen and oxygen atoms in total. The topological polar surface area (TPSA) is 32.3 Å². The van der Waals surface area contributed by atoms with Crippen LogP contribution in [0.15, 0.2) is 40.9 Å². The predicted molar refractivity (Wildman–Crippen MR) is 77.8 cm³/mol. The predicted octanol–water partition coefficient (Wildman–Crippen LogP) is 4.24. The Balaban J connectivity index is 2.02. The average Bonchev–Trinajstić information content (AvgIpc) is 2.37. The van der Waals surface area contributed by atoms with Crippen molar-refractivity contribution in [2.24, 2.45) is 0 Å². The van der Waals surface area contributed by atoms with E-state index >= 15 is 0 Å². The van der Waals surface area contributed by atoms with Crippen LogP contribution in [0.1, 0.15) is 11.1 Å². The summed E-state index contributed by atoms with van der Waals surface area (Å²) in [6, 6.07) is 9.73. The van der Waals surface area contributed by atoms with E-state index in [1.807, 2.05) is 0 Å². The van der Waals surface area contributed by atoms with Gasteiger partial charge in [-0.15, -0.1) is 0 Å². The Labute approximate surface area is 124 Å². The molecule has 0 heterocycles. The summed E-state index contributed by atoms with van der Waals surface area (Å²) >= 11 is 9.29. The van der Waals surface area contributed by atoms with E-state index in [4.69, 9.17) is 11.6 Å². The molecule has 0 atom stereocenters. The molecule has 0 aliphatic heterocycles. The molecule has 0 radical (unpaired) electrons. The number of rotatable bonds is 4. The van der Waals surface area contributed by atoms with Crippen LogP contribution >= 0.6 is 27.5 Å². The SMILES string of the molecule is Oc1cccc(Cl)c1CNCc1cc(Br)ccc1F. The fourth-order valence-corrected chi connectivity index (χ4v) is 2.37. The standard InChI is InChI=1S/C14H12BrClFNO/c15-10-4-5-13(17)9(6-10)7-18-8-11-12(16)2-1-3-14(11)19/h1-6,18-19H,7-8H2. The average molecular weight is 345 g/mol. The van der Waals surface area contributed by atoms with Crippen molar-refractivity contribution in [3.63, 3.8) is 0 Å². The van der Waals surface area contributed by atoms with Crippen LogP contribution in [0.3, 0.4) is 0 Å². The van der Waals surface area contributed by atoms with Crippen molar-refractivity contribution < 1.29 is 9.50 Å². The second-order valence-electron chi connectivity index (χ2n) is 4.08. The zero-order valence-corrected chi connectivity index (χ0v) is 12.3. The fraction of sp³-hybridized carbons (Fsp3) is 0.143. The lowest BCUT2D eigenvalue weighted by molar-refractivity contribution is 0.464. The molecule has 0 spiro atoms. The summed E-state index contributed by atoms with van der Waals surface area (Å²) < 4.78 is 14.3. The van der Waals surface area contributed by atoms with Crippen LogP contribution in [-0.4, -0.2) is 5.11 Å². The molecule has 2 rings (SSSR count). The van der Waals surface area contributed by atoms with Crippen molar-refractivity contribution >= 4 is 27.5 Å². The van der Waals surface area contributed by atoms with E-state index in [9.17, 15) is 9.50 Å². The third-order valence-corrected chi connectivity index (χ3v) is 3.57. The normalized spacial score (nSPS) is 10.7. The van der Waals surface area contributed by atoms with Crippen LogP contribution in [0, 0.1) is 5.82 Å². The van der Waals surface area contributed by atoms with Crippen LogP contribution in [0.4, 0.5) is 4.39 Å². The molecule has 2 N–H and O–H groups in total. The van der Waals surface area contributed by atoms with E-state index < -0.39 is 0 Å². The molecule has 19 heavy (non-hydrogen) atoms. The Morgan fingerprint density at radius 3 is 2.74 bits per heavy atom. The minimum atomic E-state index is -0.265.